The third kappa shape index (κ3) is 1.45. The molecule has 0 spiro atoms. The van der Waals surface area contributed by atoms with Gasteiger partial charge in [-0.3, -0.25) is 4.79 Å². The summed E-state index contributed by atoms with van der Waals surface area (Å²) in [6, 6.07) is 0. The van der Waals surface area contributed by atoms with Crippen molar-refractivity contribution in [3.05, 3.63) is 0 Å². The average molecular weight is 156 g/mol. The van der Waals surface area contributed by atoms with Crippen molar-refractivity contribution in [3.63, 3.8) is 0 Å². The zero-order valence-corrected chi connectivity index (χ0v) is 7.37. The Morgan fingerprint density at radius 2 is 2.09 bits per heavy atom. The summed E-state index contributed by atoms with van der Waals surface area (Å²) in [5.41, 5.74) is 0. The van der Waals surface area contributed by atoms with Crippen LogP contribution in [-0.2, 0) is 4.79 Å². The van der Waals surface area contributed by atoms with E-state index in [1.165, 1.54) is 0 Å². The molecule has 1 N–H and O–H groups in total. The summed E-state index contributed by atoms with van der Waals surface area (Å²) in [7, 11) is 0. The van der Waals surface area contributed by atoms with Crippen molar-refractivity contribution >= 4 is 5.78 Å². The molecule has 3 unspecified atom stereocenters. The number of hydrogen-bond acceptors (Lipinski definition) is 2. The first-order valence-corrected chi connectivity index (χ1v) is 4.24. The van der Waals surface area contributed by atoms with E-state index in [1.54, 1.807) is 0 Å². The second-order valence-electron chi connectivity index (χ2n) is 3.87. The highest BCUT2D eigenvalue weighted by atomic mass is 16.3. The van der Waals surface area contributed by atoms with Gasteiger partial charge in [0.25, 0.3) is 0 Å². The van der Waals surface area contributed by atoms with Crippen molar-refractivity contribution in [1.82, 2.24) is 0 Å². The number of rotatable bonds is 1. The van der Waals surface area contributed by atoms with E-state index in [1.807, 2.05) is 20.8 Å². The molecule has 64 valence electrons. The Morgan fingerprint density at radius 1 is 1.55 bits per heavy atom. The maximum absolute atomic E-state index is 11.3. The molecule has 11 heavy (non-hydrogen) atoms. The summed E-state index contributed by atoms with van der Waals surface area (Å²) in [6.07, 6.45) is -0.0285. The van der Waals surface area contributed by atoms with Gasteiger partial charge in [0.05, 0.1) is 6.10 Å². The molecule has 1 rings (SSSR count). The van der Waals surface area contributed by atoms with E-state index in [0.29, 0.717) is 12.3 Å². The van der Waals surface area contributed by atoms with Gasteiger partial charge in [0, 0.05) is 12.3 Å². The van der Waals surface area contributed by atoms with Crippen LogP contribution < -0.4 is 0 Å². The van der Waals surface area contributed by atoms with Gasteiger partial charge in [-0.15, -0.1) is 0 Å². The molecule has 0 aliphatic heterocycles. The molecular weight excluding hydrogens is 140 g/mol. The molecule has 0 aromatic rings. The quantitative estimate of drug-likeness (QED) is 0.620. The fraction of sp³-hybridized carbons (Fsp3) is 0.889. The van der Waals surface area contributed by atoms with Crippen LogP contribution in [0.3, 0.4) is 0 Å². The Balaban J connectivity index is 2.71. The second kappa shape index (κ2) is 2.94. The minimum Gasteiger partial charge on any atom is -0.392 e. The third-order valence-corrected chi connectivity index (χ3v) is 2.67. The second-order valence-corrected chi connectivity index (χ2v) is 3.87. The zero-order chi connectivity index (χ0) is 8.59. The number of Topliss-reactive ketones (excluding diaryl/α,β-unsaturated/α-hetero) is 1. The van der Waals surface area contributed by atoms with Crippen LogP contribution in [0.5, 0.6) is 0 Å². The first kappa shape index (κ1) is 8.72. The Kier molecular flexibility index (Phi) is 2.33. The van der Waals surface area contributed by atoms with E-state index in [2.05, 4.69) is 0 Å². The van der Waals surface area contributed by atoms with Crippen LogP contribution in [-0.4, -0.2) is 17.0 Å². The van der Waals surface area contributed by atoms with Crippen LogP contribution in [0.1, 0.15) is 27.2 Å². The van der Waals surface area contributed by atoms with E-state index >= 15 is 0 Å². The predicted octanol–water partition coefficient (Wildman–Crippen LogP) is 1.23. The van der Waals surface area contributed by atoms with Crippen molar-refractivity contribution in [1.29, 1.82) is 0 Å². The standard InChI is InChI=1S/C9H16O2/c1-5(2)9-6(3)7(10)4-8(9)11/h5-7,9-10H,4H2,1-3H3. The van der Waals surface area contributed by atoms with E-state index in [4.69, 9.17) is 0 Å². The van der Waals surface area contributed by atoms with E-state index in [-0.39, 0.29) is 17.6 Å². The number of carbonyl (C=O) groups excluding carboxylic acids is 1. The summed E-state index contributed by atoms with van der Waals surface area (Å²) in [4.78, 5) is 11.3. The molecule has 0 bridgehead atoms. The molecule has 1 aliphatic carbocycles. The topological polar surface area (TPSA) is 37.3 Å². The van der Waals surface area contributed by atoms with Crippen molar-refractivity contribution in [2.75, 3.05) is 0 Å². The number of hydrogen-bond donors (Lipinski definition) is 1. The van der Waals surface area contributed by atoms with E-state index in [9.17, 15) is 9.90 Å². The lowest BCUT2D eigenvalue weighted by atomic mass is 9.86. The molecule has 1 saturated carbocycles. The van der Waals surface area contributed by atoms with Gasteiger partial charge >= 0.3 is 0 Å². The van der Waals surface area contributed by atoms with Crippen molar-refractivity contribution in [2.24, 2.45) is 17.8 Å². The lowest BCUT2D eigenvalue weighted by molar-refractivity contribution is -0.122. The molecule has 3 atom stereocenters. The number of ketones is 1. The molecule has 2 nitrogen and oxygen atoms in total. The maximum Gasteiger partial charge on any atom is 0.139 e. The molecule has 0 saturated heterocycles. The molecule has 1 aliphatic rings. The maximum atomic E-state index is 11.3. The first-order valence-electron chi connectivity index (χ1n) is 4.24. The van der Waals surface area contributed by atoms with Crippen LogP contribution in [0.25, 0.3) is 0 Å². The SMILES string of the molecule is CC(C)C1C(=O)CC(O)C1C. The smallest absolute Gasteiger partial charge is 0.139 e. The minimum absolute atomic E-state index is 0.0880. The fourth-order valence-electron chi connectivity index (χ4n) is 2.04. The van der Waals surface area contributed by atoms with Gasteiger partial charge < -0.3 is 5.11 Å². The largest absolute Gasteiger partial charge is 0.392 e. The summed E-state index contributed by atoms with van der Waals surface area (Å²) >= 11 is 0. The Morgan fingerprint density at radius 3 is 2.27 bits per heavy atom. The molecule has 1 fully saturated rings. The molecule has 0 heterocycles. The van der Waals surface area contributed by atoms with Gasteiger partial charge in [-0.05, 0) is 11.8 Å². The van der Waals surface area contributed by atoms with Crippen LogP contribution in [0.2, 0.25) is 0 Å². The predicted molar refractivity (Wildman–Crippen MR) is 43.1 cm³/mol. The van der Waals surface area contributed by atoms with E-state index in [0.717, 1.165) is 0 Å². The van der Waals surface area contributed by atoms with Gasteiger partial charge in [0.15, 0.2) is 0 Å². The summed E-state index contributed by atoms with van der Waals surface area (Å²) in [6.45, 7) is 6.04. The van der Waals surface area contributed by atoms with Crippen LogP contribution in [0, 0.1) is 17.8 Å². The van der Waals surface area contributed by atoms with Gasteiger partial charge in [0.2, 0.25) is 0 Å². The monoisotopic (exact) mass is 156 g/mol. The first-order chi connectivity index (χ1) is 5.04. The van der Waals surface area contributed by atoms with E-state index < -0.39 is 6.10 Å². The zero-order valence-electron chi connectivity index (χ0n) is 7.37. The Bertz CT molecular complexity index is 163. The molecular formula is C9H16O2. The molecule has 0 aromatic carbocycles. The molecule has 0 radical (unpaired) electrons. The highest BCUT2D eigenvalue weighted by Crippen LogP contribution is 2.33. The Labute approximate surface area is 67.6 Å². The van der Waals surface area contributed by atoms with Crippen LogP contribution >= 0.6 is 0 Å². The third-order valence-electron chi connectivity index (χ3n) is 2.67. The average Bonchev–Trinajstić information content (AvgIpc) is 2.07. The van der Waals surface area contributed by atoms with Gasteiger partial charge in [0.1, 0.15) is 5.78 Å². The highest BCUT2D eigenvalue weighted by molar-refractivity contribution is 5.84. The Hall–Kier alpha value is -0.370. The van der Waals surface area contributed by atoms with Crippen molar-refractivity contribution in [2.45, 2.75) is 33.3 Å². The summed E-state index contributed by atoms with van der Waals surface area (Å²) < 4.78 is 0. The number of aliphatic hydroxyl groups excluding tert-OH is 1. The molecule has 0 amide bonds. The normalized spacial score (nSPS) is 38.6. The van der Waals surface area contributed by atoms with Crippen LogP contribution in [0.15, 0.2) is 0 Å². The van der Waals surface area contributed by atoms with Gasteiger partial charge in [-0.25, -0.2) is 0 Å². The number of carbonyl (C=O) groups is 1. The van der Waals surface area contributed by atoms with Gasteiger partial charge in [-0.2, -0.15) is 0 Å². The van der Waals surface area contributed by atoms with Crippen molar-refractivity contribution in [3.8, 4) is 0 Å². The van der Waals surface area contributed by atoms with Crippen molar-refractivity contribution < 1.29 is 9.90 Å². The number of aliphatic hydroxyl groups is 1. The highest BCUT2D eigenvalue weighted by Gasteiger charge is 2.39. The molecule has 0 aromatic heterocycles. The minimum atomic E-state index is -0.394. The summed E-state index contributed by atoms with van der Waals surface area (Å²) in [5.74, 6) is 0.849. The summed E-state index contributed by atoms with van der Waals surface area (Å²) in [5, 5.41) is 9.37. The van der Waals surface area contributed by atoms with Gasteiger partial charge in [-0.1, -0.05) is 20.8 Å². The lowest BCUT2D eigenvalue weighted by Gasteiger charge is -2.18. The molecule has 2 heteroatoms. The lowest BCUT2D eigenvalue weighted by Crippen LogP contribution is -2.21. The van der Waals surface area contributed by atoms with Crippen LogP contribution in [0.4, 0.5) is 0 Å². The fourth-order valence-corrected chi connectivity index (χ4v) is 2.04.